The summed E-state index contributed by atoms with van der Waals surface area (Å²) in [7, 11) is 0. The van der Waals surface area contributed by atoms with E-state index in [1.54, 1.807) is 0 Å². The molecule has 0 aliphatic carbocycles. The number of nitrogens with two attached hydrogens (primary N) is 1. The first-order valence-electron chi connectivity index (χ1n) is 5.59. The fraction of sp³-hybridized carbons (Fsp3) is 0. The van der Waals surface area contributed by atoms with Gasteiger partial charge in [0.15, 0.2) is 5.82 Å². The van der Waals surface area contributed by atoms with Gasteiger partial charge in [0.25, 0.3) is 0 Å². The maximum Gasteiger partial charge on any atom is 0.151 e. The Morgan fingerprint density at radius 1 is 1.25 bits per heavy atom. The second-order valence-electron chi connectivity index (χ2n) is 4.10. The minimum Gasteiger partial charge on any atom is -0.396 e. The first kappa shape index (κ1) is 13.3. The summed E-state index contributed by atoms with van der Waals surface area (Å²) in [6, 6.07) is 5.20. The molecule has 0 radical (unpaired) electrons. The number of hydrogen-bond acceptors (Lipinski definition) is 3. The molecule has 102 valence electrons. The normalized spacial score (nSPS) is 10.9. The van der Waals surface area contributed by atoms with Crippen LogP contribution in [0, 0.1) is 11.6 Å². The van der Waals surface area contributed by atoms with Crippen molar-refractivity contribution < 1.29 is 8.78 Å². The molecule has 2 N–H and O–H groups in total. The van der Waals surface area contributed by atoms with Crippen molar-refractivity contribution in [2.45, 2.75) is 0 Å². The number of benzene rings is 1. The van der Waals surface area contributed by atoms with Gasteiger partial charge < -0.3 is 5.73 Å². The quantitative estimate of drug-likeness (QED) is 0.747. The minimum atomic E-state index is -0.689. The fourth-order valence-corrected chi connectivity index (χ4v) is 3.24. The van der Waals surface area contributed by atoms with Crippen LogP contribution in [-0.2, 0) is 0 Å². The molecule has 0 aliphatic rings. The summed E-state index contributed by atoms with van der Waals surface area (Å²) in [5, 5.41) is 6.18. The van der Waals surface area contributed by atoms with Crippen molar-refractivity contribution in [1.29, 1.82) is 0 Å². The van der Waals surface area contributed by atoms with E-state index in [0.717, 1.165) is 15.4 Å². The predicted octanol–water partition coefficient (Wildman–Crippen LogP) is 4.22. The van der Waals surface area contributed by atoms with Crippen LogP contribution in [0.25, 0.3) is 16.3 Å². The summed E-state index contributed by atoms with van der Waals surface area (Å²) in [6.07, 6.45) is 1.51. The molecule has 0 aliphatic heterocycles. The van der Waals surface area contributed by atoms with Gasteiger partial charge >= 0.3 is 0 Å². The van der Waals surface area contributed by atoms with Crippen LogP contribution >= 0.6 is 27.3 Å². The maximum atomic E-state index is 13.7. The van der Waals surface area contributed by atoms with Crippen LogP contribution in [0.1, 0.15) is 0 Å². The molecule has 3 aromatic rings. The third kappa shape index (κ3) is 2.34. The van der Waals surface area contributed by atoms with Gasteiger partial charge in [-0.15, -0.1) is 11.3 Å². The molecule has 0 bridgehead atoms. The van der Waals surface area contributed by atoms with Crippen LogP contribution < -0.4 is 5.73 Å². The molecule has 0 unspecified atom stereocenters. The van der Waals surface area contributed by atoms with Crippen LogP contribution in [0.4, 0.5) is 14.5 Å². The number of aromatic nitrogens is 2. The molecule has 20 heavy (non-hydrogen) atoms. The van der Waals surface area contributed by atoms with Crippen molar-refractivity contribution in [3.8, 4) is 16.3 Å². The highest BCUT2D eigenvalue weighted by molar-refractivity contribution is 9.10. The van der Waals surface area contributed by atoms with Crippen molar-refractivity contribution in [2.75, 3.05) is 5.73 Å². The van der Waals surface area contributed by atoms with Gasteiger partial charge in [0, 0.05) is 15.9 Å². The monoisotopic (exact) mass is 355 g/mol. The number of halogens is 3. The zero-order valence-electron chi connectivity index (χ0n) is 9.98. The summed E-state index contributed by atoms with van der Waals surface area (Å²) in [5.74, 6) is -1.32. The molecule has 0 fully saturated rings. The summed E-state index contributed by atoms with van der Waals surface area (Å²) >= 11 is 4.83. The Balaban J connectivity index is 2.08. The largest absolute Gasteiger partial charge is 0.396 e. The summed E-state index contributed by atoms with van der Waals surface area (Å²) in [4.78, 5) is 0.871. The molecule has 0 amide bonds. The fourth-order valence-electron chi connectivity index (χ4n) is 1.81. The predicted molar refractivity (Wildman–Crippen MR) is 78.9 cm³/mol. The third-order valence-corrected chi connectivity index (χ3v) is 4.40. The van der Waals surface area contributed by atoms with Crippen molar-refractivity contribution >= 4 is 33.0 Å². The summed E-state index contributed by atoms with van der Waals surface area (Å²) < 4.78 is 28.9. The number of nitrogen functional groups attached to an aromatic ring is 1. The maximum absolute atomic E-state index is 13.7. The van der Waals surface area contributed by atoms with Crippen LogP contribution in [0.15, 0.2) is 40.3 Å². The SMILES string of the molecule is Nc1cn(-c2ccc(F)cc2F)nc1-c1cc(Br)cs1. The lowest BCUT2D eigenvalue weighted by Gasteiger charge is -2.02. The van der Waals surface area contributed by atoms with Crippen LogP contribution in [0.5, 0.6) is 0 Å². The standard InChI is InChI=1S/C13H8BrF2N3S/c14-7-3-12(20-6-7)13-10(17)5-19(18-13)11-2-1-8(15)4-9(11)16/h1-6H,17H2. The molecule has 7 heteroatoms. The van der Waals surface area contributed by atoms with Gasteiger partial charge in [-0.1, -0.05) is 0 Å². The van der Waals surface area contributed by atoms with Crippen LogP contribution in [0.2, 0.25) is 0 Å². The number of nitrogens with zero attached hydrogens (tertiary/aromatic N) is 2. The molecule has 0 atom stereocenters. The molecule has 3 nitrogen and oxygen atoms in total. The minimum absolute atomic E-state index is 0.153. The summed E-state index contributed by atoms with van der Waals surface area (Å²) in [5.41, 5.74) is 7.07. The van der Waals surface area contributed by atoms with Crippen molar-refractivity contribution in [3.63, 3.8) is 0 Å². The Kier molecular flexibility index (Phi) is 3.31. The zero-order valence-corrected chi connectivity index (χ0v) is 12.4. The smallest absolute Gasteiger partial charge is 0.151 e. The molecular formula is C13H8BrF2N3S. The lowest BCUT2D eigenvalue weighted by molar-refractivity contribution is 0.574. The lowest BCUT2D eigenvalue weighted by Crippen LogP contribution is -1.99. The molecule has 0 spiro atoms. The second-order valence-corrected chi connectivity index (χ2v) is 5.93. The summed E-state index contributed by atoms with van der Waals surface area (Å²) in [6.45, 7) is 0. The second kappa shape index (κ2) is 4.99. The number of rotatable bonds is 2. The van der Waals surface area contributed by atoms with Crippen molar-refractivity contribution in [3.05, 3.63) is 51.9 Å². The Bertz CT molecular complexity index is 782. The van der Waals surface area contributed by atoms with Crippen LogP contribution in [0.3, 0.4) is 0 Å². The molecular weight excluding hydrogens is 348 g/mol. The van der Waals surface area contributed by atoms with Crippen molar-refractivity contribution in [1.82, 2.24) is 9.78 Å². The molecule has 2 heterocycles. The molecule has 0 saturated carbocycles. The van der Waals surface area contributed by atoms with Gasteiger partial charge in [-0.05, 0) is 34.1 Å². The van der Waals surface area contributed by atoms with E-state index in [0.29, 0.717) is 11.4 Å². The first-order valence-corrected chi connectivity index (χ1v) is 7.27. The Morgan fingerprint density at radius 3 is 2.70 bits per heavy atom. The molecule has 2 aromatic heterocycles. The van der Waals surface area contributed by atoms with E-state index in [1.807, 2.05) is 11.4 Å². The third-order valence-electron chi connectivity index (χ3n) is 2.70. The van der Waals surface area contributed by atoms with Gasteiger partial charge in [0.2, 0.25) is 0 Å². The van der Waals surface area contributed by atoms with Crippen molar-refractivity contribution in [2.24, 2.45) is 0 Å². The topological polar surface area (TPSA) is 43.8 Å². The van der Waals surface area contributed by atoms with E-state index in [9.17, 15) is 8.78 Å². The van der Waals surface area contributed by atoms with Gasteiger partial charge in [-0.2, -0.15) is 5.10 Å². The number of thiophene rings is 1. The molecule has 3 rings (SSSR count). The lowest BCUT2D eigenvalue weighted by atomic mass is 10.3. The number of hydrogen-bond donors (Lipinski definition) is 1. The van der Waals surface area contributed by atoms with Gasteiger partial charge in [-0.25, -0.2) is 13.5 Å². The van der Waals surface area contributed by atoms with E-state index in [1.165, 1.54) is 34.3 Å². The van der Waals surface area contributed by atoms with E-state index >= 15 is 0 Å². The first-order chi connectivity index (χ1) is 9.54. The number of anilines is 1. The van der Waals surface area contributed by atoms with E-state index in [-0.39, 0.29) is 5.69 Å². The Hall–Kier alpha value is -1.73. The molecule has 0 saturated heterocycles. The Morgan fingerprint density at radius 2 is 2.05 bits per heavy atom. The van der Waals surface area contributed by atoms with E-state index in [2.05, 4.69) is 21.0 Å². The highest BCUT2D eigenvalue weighted by atomic mass is 79.9. The van der Waals surface area contributed by atoms with Gasteiger partial charge in [-0.3, -0.25) is 0 Å². The average molecular weight is 356 g/mol. The Labute approximate surface area is 125 Å². The molecule has 1 aromatic carbocycles. The van der Waals surface area contributed by atoms with E-state index in [4.69, 9.17) is 5.73 Å². The van der Waals surface area contributed by atoms with Gasteiger partial charge in [0.05, 0.1) is 16.8 Å². The highest BCUT2D eigenvalue weighted by Crippen LogP contribution is 2.33. The van der Waals surface area contributed by atoms with Gasteiger partial charge in [0.1, 0.15) is 17.2 Å². The van der Waals surface area contributed by atoms with E-state index < -0.39 is 11.6 Å². The van der Waals surface area contributed by atoms with Crippen LogP contribution in [-0.4, -0.2) is 9.78 Å². The average Bonchev–Trinajstić information content (AvgIpc) is 2.95. The zero-order chi connectivity index (χ0) is 14.3. The highest BCUT2D eigenvalue weighted by Gasteiger charge is 2.14.